The maximum atomic E-state index is 6.24. The third-order valence-corrected chi connectivity index (χ3v) is 6.66. The second-order valence-corrected chi connectivity index (χ2v) is 8.21. The smallest absolute Gasteiger partial charge is 0.0454 e. The molecule has 2 nitrogen and oxygen atoms in total. The number of hydrogen-bond acceptors (Lipinski definition) is 4. The molecular weight excluding hydrogens is 272 g/mol. The van der Waals surface area contributed by atoms with Gasteiger partial charge < -0.3 is 5.73 Å². The van der Waals surface area contributed by atoms with Gasteiger partial charge >= 0.3 is 0 Å². The van der Waals surface area contributed by atoms with Crippen LogP contribution in [0.25, 0.3) is 0 Å². The summed E-state index contributed by atoms with van der Waals surface area (Å²) in [5.41, 5.74) is 6.41. The molecule has 108 valence electrons. The number of nitrogens with two attached hydrogens (primary N) is 1. The van der Waals surface area contributed by atoms with Crippen LogP contribution in [0.5, 0.6) is 0 Å². The first-order chi connectivity index (χ1) is 9.10. The Balaban J connectivity index is 2.24. The quantitative estimate of drug-likeness (QED) is 0.901. The van der Waals surface area contributed by atoms with Gasteiger partial charge in [-0.2, -0.15) is 11.8 Å². The SMILES string of the molecule is CC(C)N(Cc1cccs1)C1(CN)CCCSC1C. The summed E-state index contributed by atoms with van der Waals surface area (Å²) in [6.07, 6.45) is 2.53. The largest absolute Gasteiger partial charge is 0.329 e. The Morgan fingerprint density at radius 3 is 2.84 bits per heavy atom. The Labute approximate surface area is 125 Å². The third kappa shape index (κ3) is 3.18. The van der Waals surface area contributed by atoms with E-state index < -0.39 is 0 Å². The molecule has 4 heteroatoms. The van der Waals surface area contributed by atoms with Crippen molar-refractivity contribution >= 4 is 23.1 Å². The summed E-state index contributed by atoms with van der Waals surface area (Å²) in [7, 11) is 0. The van der Waals surface area contributed by atoms with Crippen LogP contribution >= 0.6 is 23.1 Å². The van der Waals surface area contributed by atoms with Gasteiger partial charge in [0.1, 0.15) is 0 Å². The van der Waals surface area contributed by atoms with Gasteiger partial charge in [0.15, 0.2) is 0 Å². The highest BCUT2D eigenvalue weighted by Crippen LogP contribution is 2.40. The predicted molar refractivity (Wildman–Crippen MR) is 87.9 cm³/mol. The predicted octanol–water partition coefficient (Wildman–Crippen LogP) is 3.57. The van der Waals surface area contributed by atoms with Gasteiger partial charge in [-0.25, -0.2) is 0 Å². The van der Waals surface area contributed by atoms with Crippen LogP contribution in [0.2, 0.25) is 0 Å². The highest BCUT2D eigenvalue weighted by molar-refractivity contribution is 8.00. The summed E-state index contributed by atoms with van der Waals surface area (Å²) in [5, 5.41) is 2.79. The van der Waals surface area contributed by atoms with Gasteiger partial charge in [0.2, 0.25) is 0 Å². The van der Waals surface area contributed by atoms with Gasteiger partial charge in [-0.05, 0) is 43.9 Å². The van der Waals surface area contributed by atoms with Crippen molar-refractivity contribution in [3.8, 4) is 0 Å². The van der Waals surface area contributed by atoms with E-state index in [-0.39, 0.29) is 5.54 Å². The number of rotatable bonds is 5. The molecule has 2 unspecified atom stereocenters. The maximum absolute atomic E-state index is 6.24. The zero-order chi connectivity index (χ0) is 13.9. The second-order valence-electron chi connectivity index (χ2n) is 5.73. The van der Waals surface area contributed by atoms with E-state index in [2.05, 4.69) is 54.9 Å². The average Bonchev–Trinajstić information content (AvgIpc) is 2.90. The first kappa shape index (κ1) is 15.4. The lowest BCUT2D eigenvalue weighted by Gasteiger charge is -2.51. The number of thiophene rings is 1. The third-order valence-electron chi connectivity index (χ3n) is 4.33. The van der Waals surface area contributed by atoms with Gasteiger partial charge in [-0.3, -0.25) is 4.90 Å². The fourth-order valence-corrected chi connectivity index (χ4v) is 5.21. The number of nitrogens with zero attached hydrogens (tertiary/aromatic N) is 1. The van der Waals surface area contributed by atoms with Gasteiger partial charge in [0, 0.05) is 34.8 Å². The standard InChI is InChI=1S/C15H26N2S2/c1-12(2)17(10-14-6-4-8-19-14)15(11-16)7-5-9-18-13(15)3/h4,6,8,12-13H,5,7,9-11,16H2,1-3H3. The Morgan fingerprint density at radius 2 is 2.32 bits per heavy atom. The molecule has 2 heterocycles. The van der Waals surface area contributed by atoms with Crippen molar-refractivity contribution in [1.29, 1.82) is 0 Å². The fourth-order valence-electron chi connectivity index (χ4n) is 3.18. The fraction of sp³-hybridized carbons (Fsp3) is 0.733. The Kier molecular flexibility index (Phi) is 5.35. The summed E-state index contributed by atoms with van der Waals surface area (Å²) in [5.74, 6) is 1.29. The molecule has 1 saturated heterocycles. The van der Waals surface area contributed by atoms with Crippen LogP contribution in [-0.2, 0) is 6.54 Å². The van der Waals surface area contributed by atoms with Crippen LogP contribution in [0.15, 0.2) is 17.5 Å². The summed E-state index contributed by atoms with van der Waals surface area (Å²) in [6, 6.07) is 4.92. The van der Waals surface area contributed by atoms with E-state index in [9.17, 15) is 0 Å². The molecule has 19 heavy (non-hydrogen) atoms. The molecule has 1 fully saturated rings. The van der Waals surface area contributed by atoms with E-state index in [1.54, 1.807) is 0 Å². The molecule has 0 amide bonds. The van der Waals surface area contributed by atoms with Crippen molar-refractivity contribution in [2.24, 2.45) is 5.73 Å². The van der Waals surface area contributed by atoms with Gasteiger partial charge in [0.05, 0.1) is 0 Å². The summed E-state index contributed by atoms with van der Waals surface area (Å²) >= 11 is 3.94. The van der Waals surface area contributed by atoms with Crippen molar-refractivity contribution in [3.63, 3.8) is 0 Å². The molecule has 0 bridgehead atoms. The zero-order valence-electron chi connectivity index (χ0n) is 12.3. The Hall–Kier alpha value is -0.0300. The molecule has 0 spiro atoms. The van der Waals surface area contributed by atoms with Gasteiger partial charge in [-0.15, -0.1) is 11.3 Å². The number of thioether (sulfide) groups is 1. The van der Waals surface area contributed by atoms with Crippen LogP contribution in [0.3, 0.4) is 0 Å². The summed E-state index contributed by atoms with van der Waals surface area (Å²) in [4.78, 5) is 4.10. The minimum atomic E-state index is 0.168. The van der Waals surface area contributed by atoms with Crippen molar-refractivity contribution < 1.29 is 0 Å². The molecule has 2 N–H and O–H groups in total. The van der Waals surface area contributed by atoms with Crippen LogP contribution in [0.1, 0.15) is 38.5 Å². The molecular formula is C15H26N2S2. The Morgan fingerprint density at radius 1 is 1.53 bits per heavy atom. The molecule has 1 aromatic heterocycles. The van der Waals surface area contributed by atoms with Crippen molar-refractivity contribution in [2.75, 3.05) is 12.3 Å². The summed E-state index contributed by atoms with van der Waals surface area (Å²) < 4.78 is 0. The normalized spacial score (nSPS) is 28.2. The minimum Gasteiger partial charge on any atom is -0.329 e. The van der Waals surface area contributed by atoms with E-state index in [1.165, 1.54) is 23.5 Å². The molecule has 0 radical (unpaired) electrons. The lowest BCUT2D eigenvalue weighted by molar-refractivity contribution is 0.0442. The minimum absolute atomic E-state index is 0.168. The van der Waals surface area contributed by atoms with Crippen LogP contribution in [0, 0.1) is 0 Å². The van der Waals surface area contributed by atoms with E-state index in [1.807, 2.05) is 11.3 Å². The molecule has 0 saturated carbocycles. The van der Waals surface area contributed by atoms with E-state index >= 15 is 0 Å². The highest BCUT2D eigenvalue weighted by atomic mass is 32.2. The molecule has 0 aliphatic carbocycles. The second kappa shape index (κ2) is 6.61. The maximum Gasteiger partial charge on any atom is 0.0454 e. The average molecular weight is 299 g/mol. The van der Waals surface area contributed by atoms with Gasteiger partial charge in [-0.1, -0.05) is 13.0 Å². The number of hydrogen-bond donors (Lipinski definition) is 1. The molecule has 2 atom stereocenters. The van der Waals surface area contributed by atoms with Crippen LogP contribution in [0.4, 0.5) is 0 Å². The first-order valence-corrected chi connectivity index (χ1v) is 9.14. The lowest BCUT2D eigenvalue weighted by atomic mass is 9.86. The molecule has 2 rings (SSSR count). The van der Waals surface area contributed by atoms with E-state index in [0.29, 0.717) is 11.3 Å². The topological polar surface area (TPSA) is 29.3 Å². The lowest BCUT2D eigenvalue weighted by Crippen LogP contribution is -2.62. The van der Waals surface area contributed by atoms with Crippen molar-refractivity contribution in [1.82, 2.24) is 4.90 Å². The van der Waals surface area contributed by atoms with E-state index in [0.717, 1.165) is 13.1 Å². The van der Waals surface area contributed by atoms with Crippen molar-refractivity contribution in [2.45, 2.75) is 57.0 Å². The monoisotopic (exact) mass is 298 g/mol. The van der Waals surface area contributed by atoms with Crippen LogP contribution < -0.4 is 5.73 Å². The van der Waals surface area contributed by atoms with E-state index in [4.69, 9.17) is 5.73 Å². The molecule has 0 aromatic carbocycles. The summed E-state index contributed by atoms with van der Waals surface area (Å²) in [6.45, 7) is 8.77. The molecule has 1 aromatic rings. The zero-order valence-corrected chi connectivity index (χ0v) is 13.9. The molecule has 1 aliphatic rings. The first-order valence-electron chi connectivity index (χ1n) is 7.21. The molecule has 1 aliphatic heterocycles. The van der Waals surface area contributed by atoms with Crippen molar-refractivity contribution in [3.05, 3.63) is 22.4 Å². The van der Waals surface area contributed by atoms with Crippen LogP contribution in [-0.4, -0.2) is 34.0 Å². The van der Waals surface area contributed by atoms with Gasteiger partial charge in [0.25, 0.3) is 0 Å². The Bertz CT molecular complexity index is 378. The highest BCUT2D eigenvalue weighted by Gasteiger charge is 2.43.